The summed E-state index contributed by atoms with van der Waals surface area (Å²) >= 11 is 0. The Balaban J connectivity index is 1.27. The van der Waals surface area contributed by atoms with E-state index in [1.54, 1.807) is 0 Å². The molecule has 2 aromatic carbocycles. The Hall–Kier alpha value is -2.17. The highest BCUT2D eigenvalue weighted by Gasteiger charge is 2.22. The summed E-state index contributed by atoms with van der Waals surface area (Å²) in [5.41, 5.74) is 3.48. The molecule has 2 aliphatic rings. The van der Waals surface area contributed by atoms with Crippen LogP contribution in [0.15, 0.2) is 54.6 Å². The lowest BCUT2D eigenvalue weighted by Gasteiger charge is -2.34. The summed E-state index contributed by atoms with van der Waals surface area (Å²) in [5.74, 6) is 0.172. The predicted molar refractivity (Wildman–Crippen MR) is 118 cm³/mol. The maximum absolute atomic E-state index is 12.9. The van der Waals surface area contributed by atoms with Gasteiger partial charge in [-0.1, -0.05) is 55.3 Å². The number of benzene rings is 2. The van der Waals surface area contributed by atoms with Gasteiger partial charge >= 0.3 is 0 Å². The van der Waals surface area contributed by atoms with Crippen LogP contribution in [0.1, 0.15) is 47.2 Å². The van der Waals surface area contributed by atoms with E-state index in [2.05, 4.69) is 52.3 Å². The summed E-state index contributed by atoms with van der Waals surface area (Å²) in [4.78, 5) is 19.9. The second-order valence-corrected chi connectivity index (χ2v) is 8.44. The number of hydrogen-bond acceptors (Lipinski definition) is 3. The zero-order chi connectivity index (χ0) is 19.9. The van der Waals surface area contributed by atoms with Gasteiger partial charge in [0, 0.05) is 44.8 Å². The van der Waals surface area contributed by atoms with Crippen LogP contribution in [0.5, 0.6) is 0 Å². The van der Waals surface area contributed by atoms with Gasteiger partial charge in [0.2, 0.25) is 0 Å². The van der Waals surface area contributed by atoms with Crippen molar-refractivity contribution in [2.24, 2.45) is 0 Å². The molecule has 0 bridgehead atoms. The van der Waals surface area contributed by atoms with Gasteiger partial charge in [0.05, 0.1) is 0 Å². The molecule has 0 aliphatic carbocycles. The van der Waals surface area contributed by atoms with Gasteiger partial charge in [-0.25, -0.2) is 0 Å². The summed E-state index contributed by atoms with van der Waals surface area (Å²) in [7, 11) is 0. The fraction of sp³-hybridized carbons (Fsp3) is 0.480. The predicted octanol–water partition coefficient (Wildman–Crippen LogP) is 4.02. The average Bonchev–Trinajstić information content (AvgIpc) is 3.04. The summed E-state index contributed by atoms with van der Waals surface area (Å²) in [5, 5.41) is 0. The molecule has 0 unspecified atom stereocenters. The molecule has 2 aliphatic heterocycles. The first-order valence-electron chi connectivity index (χ1n) is 11.1. The lowest BCUT2D eigenvalue weighted by molar-refractivity contribution is 0.0628. The van der Waals surface area contributed by atoms with E-state index in [1.165, 1.54) is 49.9 Å². The lowest BCUT2D eigenvalue weighted by atomic mass is 10.1. The van der Waals surface area contributed by atoms with Gasteiger partial charge in [-0.15, -0.1) is 0 Å². The first-order valence-corrected chi connectivity index (χ1v) is 11.1. The molecule has 0 saturated carbocycles. The molecule has 2 fully saturated rings. The second kappa shape index (κ2) is 10.0. The maximum atomic E-state index is 12.9. The summed E-state index contributed by atoms with van der Waals surface area (Å²) in [6.07, 6.45) is 5.35. The smallest absolute Gasteiger partial charge is 0.253 e. The number of piperazine rings is 1. The van der Waals surface area contributed by atoms with E-state index < -0.39 is 0 Å². The molecule has 29 heavy (non-hydrogen) atoms. The lowest BCUT2D eigenvalue weighted by Crippen LogP contribution is -2.48. The number of carbonyl (C=O) groups is 1. The highest BCUT2D eigenvalue weighted by Crippen LogP contribution is 2.16. The summed E-state index contributed by atoms with van der Waals surface area (Å²) in [6, 6.07) is 18.9. The van der Waals surface area contributed by atoms with Gasteiger partial charge in [0.15, 0.2) is 0 Å². The quantitative estimate of drug-likeness (QED) is 0.770. The van der Waals surface area contributed by atoms with Crippen LogP contribution in [-0.4, -0.2) is 59.9 Å². The van der Waals surface area contributed by atoms with Crippen molar-refractivity contribution < 1.29 is 4.79 Å². The number of hydrogen-bond donors (Lipinski definition) is 0. The monoisotopic (exact) mass is 391 g/mol. The van der Waals surface area contributed by atoms with Crippen LogP contribution in [0.2, 0.25) is 0 Å². The van der Waals surface area contributed by atoms with Crippen molar-refractivity contribution in [3.05, 3.63) is 71.3 Å². The van der Waals surface area contributed by atoms with Gasteiger partial charge in [0.25, 0.3) is 5.91 Å². The number of amides is 1. The van der Waals surface area contributed by atoms with E-state index in [4.69, 9.17) is 0 Å². The van der Waals surface area contributed by atoms with Crippen molar-refractivity contribution in [1.29, 1.82) is 0 Å². The van der Waals surface area contributed by atoms with Crippen molar-refractivity contribution in [3.8, 4) is 0 Å². The Kier molecular flexibility index (Phi) is 6.96. The standard InChI is InChI=1S/C25H33N3O/c29-25(28-18-16-27(17-19-28)20-22-8-4-3-5-9-22)24-12-10-23(11-13-24)21-26-14-6-1-2-7-15-26/h3-5,8-13H,1-2,6-7,14-21H2. The highest BCUT2D eigenvalue weighted by atomic mass is 16.2. The first-order chi connectivity index (χ1) is 14.3. The Morgan fingerprint density at radius 1 is 0.621 bits per heavy atom. The third-order valence-electron chi connectivity index (χ3n) is 6.21. The van der Waals surface area contributed by atoms with Gasteiger partial charge in [-0.05, 0) is 49.2 Å². The molecule has 0 N–H and O–H groups in total. The second-order valence-electron chi connectivity index (χ2n) is 8.44. The number of nitrogens with zero attached hydrogens (tertiary/aromatic N) is 3. The van der Waals surface area contributed by atoms with E-state index in [0.29, 0.717) is 0 Å². The minimum Gasteiger partial charge on any atom is -0.336 e. The summed E-state index contributed by atoms with van der Waals surface area (Å²) < 4.78 is 0. The van der Waals surface area contributed by atoms with E-state index in [1.807, 2.05) is 17.0 Å². The van der Waals surface area contributed by atoms with Crippen LogP contribution < -0.4 is 0 Å². The van der Waals surface area contributed by atoms with Crippen molar-refractivity contribution in [3.63, 3.8) is 0 Å². The maximum Gasteiger partial charge on any atom is 0.253 e. The molecule has 4 nitrogen and oxygen atoms in total. The molecule has 2 aromatic rings. The molecule has 154 valence electrons. The van der Waals surface area contributed by atoms with Crippen molar-refractivity contribution in [2.75, 3.05) is 39.3 Å². The zero-order valence-electron chi connectivity index (χ0n) is 17.4. The molecular formula is C25H33N3O. The normalized spacial score (nSPS) is 19.1. The minimum absolute atomic E-state index is 0.172. The van der Waals surface area contributed by atoms with Crippen LogP contribution >= 0.6 is 0 Å². The minimum atomic E-state index is 0.172. The Labute approximate surface area is 175 Å². The average molecular weight is 392 g/mol. The zero-order valence-corrected chi connectivity index (χ0v) is 17.4. The van der Waals surface area contributed by atoms with Crippen LogP contribution in [-0.2, 0) is 13.1 Å². The number of carbonyl (C=O) groups excluding carboxylic acids is 1. The fourth-order valence-corrected chi connectivity index (χ4v) is 4.44. The molecular weight excluding hydrogens is 358 g/mol. The molecule has 4 rings (SSSR count). The van der Waals surface area contributed by atoms with Crippen LogP contribution in [0, 0.1) is 0 Å². The number of rotatable bonds is 5. The number of likely N-dealkylation sites (tertiary alicyclic amines) is 1. The van der Waals surface area contributed by atoms with Crippen LogP contribution in [0.25, 0.3) is 0 Å². The van der Waals surface area contributed by atoms with Crippen molar-refractivity contribution in [2.45, 2.75) is 38.8 Å². The van der Waals surface area contributed by atoms with Gasteiger partial charge in [-0.3, -0.25) is 14.6 Å². The Morgan fingerprint density at radius 2 is 1.17 bits per heavy atom. The molecule has 2 saturated heterocycles. The van der Waals surface area contributed by atoms with E-state index in [-0.39, 0.29) is 5.91 Å². The van der Waals surface area contributed by atoms with Gasteiger partial charge in [0.1, 0.15) is 0 Å². The molecule has 2 heterocycles. The molecule has 0 radical (unpaired) electrons. The summed E-state index contributed by atoms with van der Waals surface area (Å²) in [6.45, 7) is 7.87. The first kappa shape index (κ1) is 20.1. The fourth-order valence-electron chi connectivity index (χ4n) is 4.44. The SMILES string of the molecule is O=C(c1ccc(CN2CCCCCC2)cc1)N1CCN(Cc2ccccc2)CC1. The molecule has 0 aromatic heterocycles. The largest absolute Gasteiger partial charge is 0.336 e. The Morgan fingerprint density at radius 3 is 1.79 bits per heavy atom. The third kappa shape index (κ3) is 5.68. The van der Waals surface area contributed by atoms with Crippen LogP contribution in [0.4, 0.5) is 0 Å². The van der Waals surface area contributed by atoms with E-state index in [0.717, 1.165) is 44.8 Å². The van der Waals surface area contributed by atoms with Crippen LogP contribution in [0.3, 0.4) is 0 Å². The van der Waals surface area contributed by atoms with Gasteiger partial charge < -0.3 is 4.90 Å². The molecule has 0 spiro atoms. The topological polar surface area (TPSA) is 26.8 Å². The van der Waals surface area contributed by atoms with Gasteiger partial charge in [-0.2, -0.15) is 0 Å². The van der Waals surface area contributed by atoms with Crippen molar-refractivity contribution >= 4 is 5.91 Å². The molecule has 0 atom stereocenters. The third-order valence-corrected chi connectivity index (χ3v) is 6.21. The molecule has 1 amide bonds. The van der Waals surface area contributed by atoms with E-state index >= 15 is 0 Å². The highest BCUT2D eigenvalue weighted by molar-refractivity contribution is 5.94. The molecule has 4 heteroatoms. The Bertz CT molecular complexity index is 758. The van der Waals surface area contributed by atoms with E-state index in [9.17, 15) is 4.79 Å². The van der Waals surface area contributed by atoms with Crippen molar-refractivity contribution in [1.82, 2.24) is 14.7 Å².